The van der Waals surface area contributed by atoms with Gasteiger partial charge in [0.15, 0.2) is 11.2 Å². The van der Waals surface area contributed by atoms with Crippen molar-refractivity contribution < 1.29 is 4.39 Å². The molecule has 2 aromatic heterocycles. The maximum absolute atomic E-state index is 13.3. The summed E-state index contributed by atoms with van der Waals surface area (Å²) in [5, 5.41) is 0. The molecule has 4 rings (SSSR count). The molecule has 28 heavy (non-hydrogen) atoms. The number of imidazole rings is 1. The minimum atomic E-state index is -0.400. The average molecular weight is 385 g/mol. The molecule has 1 aliphatic rings. The molecule has 0 unspecified atom stereocenters. The van der Waals surface area contributed by atoms with Crippen LogP contribution in [0, 0.1) is 11.7 Å². The Balaban J connectivity index is 1.95. The fraction of sp³-hybridized carbons (Fsp3) is 0.450. The molecule has 0 N–H and O–H groups in total. The van der Waals surface area contributed by atoms with Gasteiger partial charge in [0.2, 0.25) is 5.95 Å². The minimum Gasteiger partial charge on any atom is -0.342 e. The van der Waals surface area contributed by atoms with Crippen molar-refractivity contribution >= 4 is 17.1 Å². The van der Waals surface area contributed by atoms with Crippen LogP contribution in [0.25, 0.3) is 11.2 Å². The number of halogens is 1. The summed E-state index contributed by atoms with van der Waals surface area (Å²) < 4.78 is 17.7. The molecule has 148 valence electrons. The maximum atomic E-state index is 13.3. The van der Waals surface area contributed by atoms with Crippen LogP contribution in [-0.2, 0) is 20.6 Å². The molecule has 1 fully saturated rings. The first-order valence-corrected chi connectivity index (χ1v) is 9.52. The summed E-state index contributed by atoms with van der Waals surface area (Å²) in [5.74, 6) is 0.909. The number of rotatable bonds is 3. The van der Waals surface area contributed by atoms with E-state index in [2.05, 4.69) is 11.8 Å². The van der Waals surface area contributed by atoms with E-state index in [0.29, 0.717) is 29.6 Å². The van der Waals surface area contributed by atoms with Crippen LogP contribution in [0.15, 0.2) is 33.9 Å². The first-order valence-electron chi connectivity index (χ1n) is 9.52. The van der Waals surface area contributed by atoms with Crippen LogP contribution in [0.5, 0.6) is 0 Å². The Labute approximate surface area is 161 Å². The summed E-state index contributed by atoms with van der Waals surface area (Å²) in [6.45, 7) is 4.28. The second-order valence-corrected chi connectivity index (χ2v) is 7.70. The molecule has 0 radical (unpaired) electrons. The van der Waals surface area contributed by atoms with Gasteiger partial charge in [-0.1, -0.05) is 19.1 Å². The Morgan fingerprint density at radius 2 is 1.86 bits per heavy atom. The van der Waals surface area contributed by atoms with Crippen LogP contribution in [0.4, 0.5) is 10.3 Å². The predicted octanol–water partition coefficient (Wildman–Crippen LogP) is 1.86. The third kappa shape index (κ3) is 3.02. The van der Waals surface area contributed by atoms with Gasteiger partial charge >= 0.3 is 5.69 Å². The third-order valence-electron chi connectivity index (χ3n) is 5.52. The SMILES string of the molecule is C[C@H]1CCCN(c2nc3c(c(=O)n(C)c(=O)n3C)n2Cc2ccc(F)cc2)C1. The molecule has 8 heteroatoms. The summed E-state index contributed by atoms with van der Waals surface area (Å²) in [6.07, 6.45) is 2.22. The van der Waals surface area contributed by atoms with Crippen LogP contribution in [0.2, 0.25) is 0 Å². The maximum Gasteiger partial charge on any atom is 0.332 e. The monoisotopic (exact) mass is 385 g/mol. The zero-order chi connectivity index (χ0) is 20.0. The largest absolute Gasteiger partial charge is 0.342 e. The summed E-state index contributed by atoms with van der Waals surface area (Å²) >= 11 is 0. The zero-order valence-electron chi connectivity index (χ0n) is 16.4. The van der Waals surface area contributed by atoms with E-state index >= 15 is 0 Å². The number of anilines is 1. The van der Waals surface area contributed by atoms with Crippen molar-refractivity contribution in [2.24, 2.45) is 20.0 Å². The lowest BCUT2D eigenvalue weighted by Crippen LogP contribution is -2.38. The minimum absolute atomic E-state index is 0.303. The third-order valence-corrected chi connectivity index (χ3v) is 5.52. The summed E-state index contributed by atoms with van der Waals surface area (Å²) in [4.78, 5) is 32.2. The number of benzene rings is 1. The molecule has 0 amide bonds. The molecule has 1 aliphatic heterocycles. The normalized spacial score (nSPS) is 17.4. The fourth-order valence-corrected chi connectivity index (χ4v) is 3.97. The second kappa shape index (κ2) is 6.92. The van der Waals surface area contributed by atoms with Crippen molar-refractivity contribution in [3.8, 4) is 0 Å². The number of aryl methyl sites for hydroxylation is 1. The molecule has 0 saturated carbocycles. The van der Waals surface area contributed by atoms with Crippen molar-refractivity contribution in [1.82, 2.24) is 18.7 Å². The van der Waals surface area contributed by atoms with Gasteiger partial charge in [-0.25, -0.2) is 9.18 Å². The molecule has 0 bridgehead atoms. The topological polar surface area (TPSA) is 65.1 Å². The number of fused-ring (bicyclic) bond motifs is 1. The van der Waals surface area contributed by atoms with Gasteiger partial charge < -0.3 is 4.90 Å². The van der Waals surface area contributed by atoms with E-state index in [4.69, 9.17) is 4.98 Å². The van der Waals surface area contributed by atoms with Crippen LogP contribution < -0.4 is 16.1 Å². The quantitative estimate of drug-likeness (QED) is 0.690. The van der Waals surface area contributed by atoms with E-state index in [0.717, 1.165) is 36.1 Å². The van der Waals surface area contributed by atoms with Crippen LogP contribution in [0.3, 0.4) is 0 Å². The van der Waals surface area contributed by atoms with Gasteiger partial charge in [-0.05, 0) is 36.5 Å². The molecule has 3 heterocycles. The highest BCUT2D eigenvalue weighted by atomic mass is 19.1. The lowest BCUT2D eigenvalue weighted by Gasteiger charge is -2.32. The fourth-order valence-electron chi connectivity index (χ4n) is 3.97. The molecule has 7 nitrogen and oxygen atoms in total. The summed E-state index contributed by atoms with van der Waals surface area (Å²) in [5.41, 5.74) is 0.861. The zero-order valence-corrected chi connectivity index (χ0v) is 16.4. The first kappa shape index (κ1) is 18.5. The molecular weight excluding hydrogens is 361 g/mol. The molecule has 1 saturated heterocycles. The summed E-state index contributed by atoms with van der Waals surface area (Å²) in [6, 6.07) is 6.22. The molecule has 1 atom stereocenters. The van der Waals surface area contributed by atoms with Gasteiger partial charge in [-0.3, -0.25) is 18.5 Å². The highest BCUT2D eigenvalue weighted by Gasteiger charge is 2.25. The van der Waals surface area contributed by atoms with Crippen molar-refractivity contribution in [3.05, 3.63) is 56.5 Å². The average Bonchev–Trinajstić information content (AvgIpc) is 3.06. The number of aromatic nitrogens is 4. The molecular formula is C20H24FN5O2. The van der Waals surface area contributed by atoms with Crippen LogP contribution in [-0.4, -0.2) is 31.8 Å². The molecule has 0 aliphatic carbocycles. The van der Waals surface area contributed by atoms with Gasteiger partial charge in [0.25, 0.3) is 5.56 Å². The van der Waals surface area contributed by atoms with E-state index in [1.807, 2.05) is 4.57 Å². The smallest absolute Gasteiger partial charge is 0.332 e. The van der Waals surface area contributed by atoms with Crippen LogP contribution >= 0.6 is 0 Å². The molecule has 3 aromatic rings. The van der Waals surface area contributed by atoms with E-state index in [1.165, 1.54) is 23.7 Å². The Kier molecular flexibility index (Phi) is 4.56. The number of hydrogen-bond donors (Lipinski definition) is 0. The second-order valence-electron chi connectivity index (χ2n) is 7.70. The first-order chi connectivity index (χ1) is 13.4. The lowest BCUT2D eigenvalue weighted by molar-refractivity contribution is 0.439. The Morgan fingerprint density at radius 3 is 2.54 bits per heavy atom. The molecule has 1 aromatic carbocycles. The Hall–Kier alpha value is -2.90. The van der Waals surface area contributed by atoms with Gasteiger partial charge in [0.05, 0.1) is 6.54 Å². The van der Waals surface area contributed by atoms with Crippen molar-refractivity contribution in [3.63, 3.8) is 0 Å². The lowest BCUT2D eigenvalue weighted by atomic mass is 10.0. The van der Waals surface area contributed by atoms with Crippen molar-refractivity contribution in [2.45, 2.75) is 26.3 Å². The molecule has 0 spiro atoms. The van der Waals surface area contributed by atoms with Crippen LogP contribution in [0.1, 0.15) is 25.3 Å². The highest BCUT2D eigenvalue weighted by Crippen LogP contribution is 2.26. The van der Waals surface area contributed by atoms with E-state index < -0.39 is 5.69 Å². The standard InChI is InChI=1S/C20H24FN5O2/c1-13-5-4-10-25(11-13)19-22-17-16(18(27)24(3)20(28)23(17)2)26(19)12-14-6-8-15(21)9-7-14/h6-9,13H,4-5,10-12H2,1-3H3/t13-/m0/s1. The number of nitrogens with zero attached hydrogens (tertiary/aromatic N) is 5. The predicted molar refractivity (Wildman–Crippen MR) is 106 cm³/mol. The number of hydrogen-bond acceptors (Lipinski definition) is 4. The van der Waals surface area contributed by atoms with Gasteiger partial charge in [0, 0.05) is 27.2 Å². The van der Waals surface area contributed by atoms with Crippen molar-refractivity contribution in [2.75, 3.05) is 18.0 Å². The highest BCUT2D eigenvalue weighted by molar-refractivity contribution is 5.74. The van der Waals surface area contributed by atoms with Gasteiger partial charge in [-0.2, -0.15) is 4.98 Å². The van der Waals surface area contributed by atoms with E-state index in [-0.39, 0.29) is 11.4 Å². The number of piperidine rings is 1. The van der Waals surface area contributed by atoms with E-state index in [9.17, 15) is 14.0 Å². The Bertz CT molecular complexity index is 1140. The van der Waals surface area contributed by atoms with Crippen molar-refractivity contribution in [1.29, 1.82) is 0 Å². The van der Waals surface area contributed by atoms with Gasteiger partial charge in [-0.15, -0.1) is 0 Å². The van der Waals surface area contributed by atoms with Gasteiger partial charge in [0.1, 0.15) is 5.82 Å². The van der Waals surface area contributed by atoms with E-state index in [1.54, 1.807) is 19.2 Å². The summed E-state index contributed by atoms with van der Waals surface area (Å²) in [7, 11) is 3.10. The Morgan fingerprint density at radius 1 is 1.14 bits per heavy atom.